The van der Waals surface area contributed by atoms with Gasteiger partial charge < -0.3 is 10.5 Å². The molecule has 0 spiro atoms. The Hall–Kier alpha value is -2.15. The lowest BCUT2D eigenvalue weighted by Crippen LogP contribution is -2.07. The molecule has 1 aromatic heterocycles. The monoisotopic (exact) mass is 437 g/mol. The van der Waals surface area contributed by atoms with Crippen LogP contribution in [0.5, 0.6) is 11.8 Å². The van der Waals surface area contributed by atoms with Crippen LogP contribution in [-0.4, -0.2) is 15.8 Å². The first-order chi connectivity index (χ1) is 12.0. The Morgan fingerprint density at radius 1 is 1.12 bits per heavy atom. The van der Waals surface area contributed by atoms with Crippen molar-refractivity contribution >= 4 is 50.6 Å². The van der Waals surface area contributed by atoms with Gasteiger partial charge in [0.2, 0.25) is 5.78 Å². The Morgan fingerprint density at radius 3 is 2.40 bits per heavy atom. The fraction of sp³-hybridized carbons (Fsp3) is 0. The zero-order valence-electron chi connectivity index (χ0n) is 12.5. The molecule has 0 saturated heterocycles. The average molecular weight is 439 g/mol. The Labute approximate surface area is 161 Å². The standard InChI is InChI=1S/C17H10BrCl2N3O2/c18-11-8-22-17(25-16-12(19)6-10(21)7-13(16)20)23-14(11)15(24)9-4-2-1-3-5-9/h1-8H,21H2. The Balaban J connectivity index is 1.97. The van der Waals surface area contributed by atoms with Gasteiger partial charge in [0.05, 0.1) is 14.5 Å². The van der Waals surface area contributed by atoms with Crippen molar-refractivity contribution in [2.75, 3.05) is 5.73 Å². The van der Waals surface area contributed by atoms with Crippen LogP contribution >= 0.6 is 39.1 Å². The highest BCUT2D eigenvalue weighted by Gasteiger charge is 2.18. The molecule has 126 valence electrons. The number of nitrogen functional groups attached to an aromatic ring is 1. The highest BCUT2D eigenvalue weighted by Crippen LogP contribution is 2.37. The molecule has 25 heavy (non-hydrogen) atoms. The molecule has 5 nitrogen and oxygen atoms in total. The first-order valence-corrected chi connectivity index (χ1v) is 8.55. The van der Waals surface area contributed by atoms with Crippen LogP contribution in [0, 0.1) is 0 Å². The van der Waals surface area contributed by atoms with Crippen molar-refractivity contribution in [1.82, 2.24) is 9.97 Å². The van der Waals surface area contributed by atoms with E-state index in [9.17, 15) is 4.79 Å². The molecular formula is C17H10BrCl2N3O2. The van der Waals surface area contributed by atoms with Gasteiger partial charge in [-0.05, 0) is 28.1 Å². The van der Waals surface area contributed by atoms with Gasteiger partial charge in [0.25, 0.3) is 0 Å². The predicted molar refractivity (Wildman–Crippen MR) is 101 cm³/mol. The highest BCUT2D eigenvalue weighted by atomic mass is 79.9. The maximum absolute atomic E-state index is 12.6. The summed E-state index contributed by atoms with van der Waals surface area (Å²) in [5.41, 5.74) is 6.73. The lowest BCUT2D eigenvalue weighted by molar-refractivity contribution is 0.103. The molecule has 0 radical (unpaired) electrons. The number of carbonyl (C=O) groups is 1. The molecule has 0 saturated carbocycles. The minimum Gasteiger partial charge on any atom is -0.421 e. The number of rotatable bonds is 4. The zero-order valence-corrected chi connectivity index (χ0v) is 15.6. The van der Waals surface area contributed by atoms with E-state index in [0.29, 0.717) is 15.7 Å². The van der Waals surface area contributed by atoms with Gasteiger partial charge in [0, 0.05) is 17.4 Å². The van der Waals surface area contributed by atoms with Crippen molar-refractivity contribution in [3.05, 3.63) is 74.4 Å². The summed E-state index contributed by atoms with van der Waals surface area (Å²) in [5.74, 6) is -0.104. The Kier molecular flexibility index (Phi) is 5.22. The topological polar surface area (TPSA) is 78.1 Å². The molecule has 0 unspecified atom stereocenters. The lowest BCUT2D eigenvalue weighted by atomic mass is 10.1. The van der Waals surface area contributed by atoms with Crippen molar-refractivity contribution in [3.63, 3.8) is 0 Å². The third-order valence-corrected chi connectivity index (χ3v) is 4.33. The van der Waals surface area contributed by atoms with E-state index in [1.54, 1.807) is 24.3 Å². The van der Waals surface area contributed by atoms with Crippen LogP contribution in [0.3, 0.4) is 0 Å². The molecule has 0 aliphatic carbocycles. The van der Waals surface area contributed by atoms with E-state index in [1.807, 2.05) is 6.07 Å². The lowest BCUT2D eigenvalue weighted by Gasteiger charge is -2.10. The van der Waals surface area contributed by atoms with Gasteiger partial charge in [0.15, 0.2) is 5.75 Å². The number of anilines is 1. The molecule has 1 heterocycles. The number of aromatic nitrogens is 2. The molecule has 8 heteroatoms. The molecule has 0 aliphatic rings. The second-order valence-corrected chi connectivity index (χ2v) is 6.63. The summed E-state index contributed by atoms with van der Waals surface area (Å²) in [6, 6.07) is 11.7. The maximum Gasteiger partial charge on any atom is 0.322 e. The van der Waals surface area contributed by atoms with Gasteiger partial charge in [-0.15, -0.1) is 0 Å². The fourth-order valence-electron chi connectivity index (χ4n) is 2.05. The summed E-state index contributed by atoms with van der Waals surface area (Å²) in [6.45, 7) is 0. The number of hydrogen-bond acceptors (Lipinski definition) is 5. The molecule has 2 N–H and O–H groups in total. The summed E-state index contributed by atoms with van der Waals surface area (Å²) in [4.78, 5) is 20.8. The summed E-state index contributed by atoms with van der Waals surface area (Å²) in [5, 5.41) is 0.430. The SMILES string of the molecule is Nc1cc(Cl)c(Oc2ncc(Br)c(C(=O)c3ccccc3)n2)c(Cl)c1. The third kappa shape index (κ3) is 3.92. The van der Waals surface area contributed by atoms with Gasteiger partial charge >= 0.3 is 6.01 Å². The molecule has 3 aromatic rings. The van der Waals surface area contributed by atoms with Crippen molar-refractivity contribution in [2.45, 2.75) is 0 Å². The highest BCUT2D eigenvalue weighted by molar-refractivity contribution is 9.10. The van der Waals surface area contributed by atoms with E-state index >= 15 is 0 Å². The van der Waals surface area contributed by atoms with Gasteiger partial charge in [-0.2, -0.15) is 4.98 Å². The smallest absolute Gasteiger partial charge is 0.322 e. The van der Waals surface area contributed by atoms with Crippen LogP contribution in [0.4, 0.5) is 5.69 Å². The van der Waals surface area contributed by atoms with E-state index in [4.69, 9.17) is 33.7 Å². The van der Waals surface area contributed by atoms with E-state index in [-0.39, 0.29) is 33.3 Å². The van der Waals surface area contributed by atoms with Gasteiger partial charge in [0.1, 0.15) is 5.69 Å². The number of hydrogen-bond donors (Lipinski definition) is 1. The maximum atomic E-state index is 12.6. The zero-order chi connectivity index (χ0) is 18.0. The van der Waals surface area contributed by atoms with Crippen molar-refractivity contribution in [3.8, 4) is 11.8 Å². The van der Waals surface area contributed by atoms with Gasteiger partial charge in [-0.1, -0.05) is 53.5 Å². The van der Waals surface area contributed by atoms with Crippen molar-refractivity contribution in [2.24, 2.45) is 0 Å². The minimum atomic E-state index is -0.269. The largest absolute Gasteiger partial charge is 0.421 e. The first kappa shape index (κ1) is 17.7. The first-order valence-electron chi connectivity index (χ1n) is 7.00. The van der Waals surface area contributed by atoms with Crippen LogP contribution in [0.1, 0.15) is 16.1 Å². The predicted octanol–water partition coefficient (Wildman–Crippen LogP) is 5.15. The van der Waals surface area contributed by atoms with Crippen molar-refractivity contribution < 1.29 is 9.53 Å². The third-order valence-electron chi connectivity index (χ3n) is 3.19. The molecule has 0 amide bonds. The van der Waals surface area contributed by atoms with Crippen LogP contribution in [0.2, 0.25) is 10.0 Å². The molecule has 0 atom stereocenters. The molecule has 0 fully saturated rings. The molecule has 0 bridgehead atoms. The number of ether oxygens (including phenoxy) is 1. The summed E-state index contributed by atoms with van der Waals surface area (Å²) in [6.07, 6.45) is 1.43. The molecule has 2 aromatic carbocycles. The minimum absolute atomic E-state index is 0.0592. The summed E-state index contributed by atoms with van der Waals surface area (Å²) < 4.78 is 6.01. The number of nitrogens with zero attached hydrogens (tertiary/aromatic N) is 2. The van der Waals surface area contributed by atoms with Gasteiger partial charge in [-0.25, -0.2) is 4.98 Å². The van der Waals surface area contributed by atoms with Crippen LogP contribution in [0.25, 0.3) is 0 Å². The quantitative estimate of drug-likeness (QED) is 0.450. The number of carbonyl (C=O) groups excluding carboxylic acids is 1. The summed E-state index contributed by atoms with van der Waals surface area (Å²) >= 11 is 15.5. The van der Waals surface area contributed by atoms with Crippen LogP contribution in [0.15, 0.2) is 53.1 Å². The molecule has 3 rings (SSSR count). The second-order valence-electron chi connectivity index (χ2n) is 4.96. The van der Waals surface area contributed by atoms with Crippen molar-refractivity contribution in [1.29, 1.82) is 0 Å². The molecule has 0 aliphatic heterocycles. The van der Waals surface area contributed by atoms with E-state index < -0.39 is 0 Å². The van der Waals surface area contributed by atoms with Crippen LogP contribution < -0.4 is 10.5 Å². The second kappa shape index (κ2) is 7.39. The number of halogens is 3. The van der Waals surface area contributed by atoms with Gasteiger partial charge in [-0.3, -0.25) is 4.79 Å². The normalized spacial score (nSPS) is 10.5. The number of benzene rings is 2. The molecular weight excluding hydrogens is 429 g/mol. The van der Waals surface area contributed by atoms with E-state index in [2.05, 4.69) is 25.9 Å². The Bertz CT molecular complexity index is 929. The number of ketones is 1. The average Bonchev–Trinajstić information content (AvgIpc) is 2.59. The fourth-order valence-corrected chi connectivity index (χ4v) is 3.01. The van der Waals surface area contributed by atoms with Crippen LogP contribution in [-0.2, 0) is 0 Å². The van der Waals surface area contributed by atoms with E-state index in [1.165, 1.54) is 18.3 Å². The number of nitrogens with two attached hydrogens (primary N) is 1. The van der Waals surface area contributed by atoms with E-state index in [0.717, 1.165) is 0 Å². The summed E-state index contributed by atoms with van der Waals surface area (Å²) in [7, 11) is 0. The Morgan fingerprint density at radius 2 is 1.76 bits per heavy atom.